The lowest BCUT2D eigenvalue weighted by Crippen LogP contribution is -2.35. The highest BCUT2D eigenvalue weighted by molar-refractivity contribution is 5.78. The molecule has 0 radical (unpaired) electrons. The summed E-state index contributed by atoms with van der Waals surface area (Å²) in [6.07, 6.45) is 2.39. The maximum Gasteiger partial charge on any atom is 0.329 e. The van der Waals surface area contributed by atoms with E-state index in [9.17, 15) is 4.79 Å². The van der Waals surface area contributed by atoms with E-state index in [0.29, 0.717) is 0 Å². The summed E-state index contributed by atoms with van der Waals surface area (Å²) in [5.74, 6) is 0.860. The van der Waals surface area contributed by atoms with Crippen LogP contribution in [0.15, 0.2) is 23.0 Å². The normalized spacial score (nSPS) is 17.5. The van der Waals surface area contributed by atoms with Gasteiger partial charge in [0, 0.05) is 32.2 Å². The van der Waals surface area contributed by atoms with Crippen LogP contribution in [-0.4, -0.2) is 40.3 Å². The summed E-state index contributed by atoms with van der Waals surface area (Å²) >= 11 is 0. The molecule has 0 bridgehead atoms. The number of ether oxygens (including phenoxy) is 1. The van der Waals surface area contributed by atoms with Crippen molar-refractivity contribution < 1.29 is 4.74 Å². The van der Waals surface area contributed by atoms with Crippen LogP contribution in [0.3, 0.4) is 0 Å². The smallest absolute Gasteiger partial charge is 0.329 e. The van der Waals surface area contributed by atoms with Crippen molar-refractivity contribution >= 4 is 11.0 Å². The summed E-state index contributed by atoms with van der Waals surface area (Å²) in [4.78, 5) is 14.7. The SMILES string of the molecule is CC(C)n1c(=O)n(C)c2cc(OC3CCN(C)CC3)ccc21. The highest BCUT2D eigenvalue weighted by atomic mass is 16.5. The maximum absolute atomic E-state index is 12.3. The van der Waals surface area contributed by atoms with Gasteiger partial charge in [0.05, 0.1) is 11.0 Å². The van der Waals surface area contributed by atoms with Crippen LogP contribution in [-0.2, 0) is 7.05 Å². The molecule has 3 rings (SSSR count). The molecule has 5 nitrogen and oxygen atoms in total. The first-order valence-electron chi connectivity index (χ1n) is 8.03. The van der Waals surface area contributed by atoms with Gasteiger partial charge in [0.15, 0.2) is 0 Å². The fraction of sp³-hybridized carbons (Fsp3) is 0.588. The van der Waals surface area contributed by atoms with Crippen LogP contribution < -0.4 is 10.4 Å². The first-order valence-corrected chi connectivity index (χ1v) is 8.03. The van der Waals surface area contributed by atoms with Crippen molar-refractivity contribution in [3.8, 4) is 5.75 Å². The average molecular weight is 303 g/mol. The third kappa shape index (κ3) is 2.65. The second-order valence-corrected chi connectivity index (χ2v) is 6.58. The van der Waals surface area contributed by atoms with Crippen LogP contribution in [0.4, 0.5) is 0 Å². The van der Waals surface area contributed by atoms with E-state index in [1.807, 2.05) is 43.7 Å². The zero-order valence-electron chi connectivity index (χ0n) is 13.9. The second-order valence-electron chi connectivity index (χ2n) is 6.58. The number of likely N-dealkylation sites (tertiary alicyclic amines) is 1. The van der Waals surface area contributed by atoms with Crippen LogP contribution >= 0.6 is 0 Å². The van der Waals surface area contributed by atoms with E-state index < -0.39 is 0 Å². The van der Waals surface area contributed by atoms with Gasteiger partial charge in [-0.1, -0.05) is 0 Å². The molecule has 0 N–H and O–H groups in total. The van der Waals surface area contributed by atoms with Crippen LogP contribution in [0.5, 0.6) is 5.75 Å². The molecule has 0 spiro atoms. The van der Waals surface area contributed by atoms with E-state index >= 15 is 0 Å². The molecule has 120 valence electrons. The van der Waals surface area contributed by atoms with Crippen LogP contribution in [0.1, 0.15) is 32.7 Å². The van der Waals surface area contributed by atoms with Crippen LogP contribution in [0.25, 0.3) is 11.0 Å². The predicted molar refractivity (Wildman–Crippen MR) is 88.7 cm³/mol. The number of fused-ring (bicyclic) bond motifs is 1. The van der Waals surface area contributed by atoms with Gasteiger partial charge in [0.25, 0.3) is 0 Å². The molecule has 1 aliphatic heterocycles. The molecule has 0 atom stereocenters. The monoisotopic (exact) mass is 303 g/mol. The standard InChI is InChI=1S/C17H25N3O2/c1-12(2)20-15-6-5-14(11-16(15)19(4)17(20)21)22-13-7-9-18(3)10-8-13/h5-6,11-13H,7-10H2,1-4H3. The molecule has 2 aromatic rings. The molecule has 22 heavy (non-hydrogen) atoms. The number of aryl methyl sites for hydroxylation is 1. The Bertz CT molecular complexity index is 721. The van der Waals surface area contributed by atoms with Crippen molar-refractivity contribution in [1.82, 2.24) is 14.0 Å². The zero-order chi connectivity index (χ0) is 15.9. The summed E-state index contributed by atoms with van der Waals surface area (Å²) in [5.41, 5.74) is 1.93. The van der Waals surface area contributed by atoms with Gasteiger partial charge < -0.3 is 9.64 Å². The van der Waals surface area contributed by atoms with Crippen molar-refractivity contribution in [2.75, 3.05) is 20.1 Å². The Kier molecular flexibility index (Phi) is 4.00. The van der Waals surface area contributed by atoms with Gasteiger partial charge in [-0.25, -0.2) is 4.79 Å². The first-order chi connectivity index (χ1) is 10.5. The Balaban J connectivity index is 1.90. The highest BCUT2D eigenvalue weighted by Crippen LogP contribution is 2.24. The summed E-state index contributed by atoms with van der Waals surface area (Å²) in [7, 11) is 3.97. The summed E-state index contributed by atoms with van der Waals surface area (Å²) in [6.45, 7) is 6.22. The second kappa shape index (κ2) is 5.80. The Labute approximate surface area is 131 Å². The molecule has 0 unspecified atom stereocenters. The zero-order valence-corrected chi connectivity index (χ0v) is 13.9. The van der Waals surface area contributed by atoms with E-state index in [1.165, 1.54) is 0 Å². The fourth-order valence-corrected chi connectivity index (χ4v) is 3.21. The molecule has 1 aliphatic rings. The fourth-order valence-electron chi connectivity index (χ4n) is 3.21. The lowest BCUT2D eigenvalue weighted by molar-refractivity contribution is 0.114. The molecule has 1 aromatic heterocycles. The number of hydrogen-bond acceptors (Lipinski definition) is 3. The molecule has 1 aromatic carbocycles. The molecule has 0 amide bonds. The molecule has 2 heterocycles. The first kappa shape index (κ1) is 15.2. The van der Waals surface area contributed by atoms with Gasteiger partial charge in [-0.15, -0.1) is 0 Å². The van der Waals surface area contributed by atoms with Gasteiger partial charge in [-0.2, -0.15) is 0 Å². The Morgan fingerprint density at radius 2 is 1.82 bits per heavy atom. The lowest BCUT2D eigenvalue weighted by atomic mass is 10.1. The Hall–Kier alpha value is -1.75. The van der Waals surface area contributed by atoms with Crippen molar-refractivity contribution in [2.45, 2.75) is 38.8 Å². The number of hydrogen-bond donors (Lipinski definition) is 0. The highest BCUT2D eigenvalue weighted by Gasteiger charge is 2.19. The number of piperidine rings is 1. The summed E-state index contributed by atoms with van der Waals surface area (Å²) in [5, 5.41) is 0. The molecular weight excluding hydrogens is 278 g/mol. The third-order valence-corrected chi connectivity index (χ3v) is 4.55. The molecule has 5 heteroatoms. The van der Waals surface area contributed by atoms with Crippen molar-refractivity contribution in [3.63, 3.8) is 0 Å². The van der Waals surface area contributed by atoms with E-state index in [2.05, 4.69) is 11.9 Å². The van der Waals surface area contributed by atoms with Crippen LogP contribution in [0, 0.1) is 0 Å². The number of imidazole rings is 1. The van der Waals surface area contributed by atoms with Gasteiger partial charge in [-0.3, -0.25) is 9.13 Å². The van der Waals surface area contributed by atoms with E-state index in [-0.39, 0.29) is 17.8 Å². The number of nitrogens with zero attached hydrogens (tertiary/aromatic N) is 3. The van der Waals surface area contributed by atoms with Crippen molar-refractivity contribution in [2.24, 2.45) is 7.05 Å². The minimum atomic E-state index is 0.0291. The molecular formula is C17H25N3O2. The molecule has 0 saturated carbocycles. The van der Waals surface area contributed by atoms with E-state index in [4.69, 9.17) is 4.74 Å². The topological polar surface area (TPSA) is 39.4 Å². The maximum atomic E-state index is 12.3. The van der Waals surface area contributed by atoms with E-state index in [1.54, 1.807) is 4.57 Å². The summed E-state index contributed by atoms with van der Waals surface area (Å²) < 4.78 is 9.66. The molecule has 1 saturated heterocycles. The molecule has 1 fully saturated rings. The van der Waals surface area contributed by atoms with Gasteiger partial charge in [0.1, 0.15) is 11.9 Å². The lowest BCUT2D eigenvalue weighted by Gasteiger charge is -2.29. The van der Waals surface area contributed by atoms with Crippen molar-refractivity contribution in [3.05, 3.63) is 28.7 Å². The third-order valence-electron chi connectivity index (χ3n) is 4.55. The van der Waals surface area contributed by atoms with Gasteiger partial charge >= 0.3 is 5.69 Å². The van der Waals surface area contributed by atoms with Gasteiger partial charge in [0.2, 0.25) is 0 Å². The largest absolute Gasteiger partial charge is 0.490 e. The minimum absolute atomic E-state index is 0.0291. The van der Waals surface area contributed by atoms with Crippen molar-refractivity contribution in [1.29, 1.82) is 0 Å². The average Bonchev–Trinajstić information content (AvgIpc) is 2.74. The van der Waals surface area contributed by atoms with Crippen LogP contribution in [0.2, 0.25) is 0 Å². The molecule has 0 aliphatic carbocycles. The quantitative estimate of drug-likeness (QED) is 0.874. The summed E-state index contributed by atoms with van der Waals surface area (Å²) in [6, 6.07) is 6.13. The minimum Gasteiger partial charge on any atom is -0.490 e. The number of aromatic nitrogens is 2. The van der Waals surface area contributed by atoms with Gasteiger partial charge in [-0.05, 0) is 45.9 Å². The Morgan fingerprint density at radius 1 is 1.14 bits per heavy atom. The number of benzene rings is 1. The Morgan fingerprint density at radius 3 is 2.45 bits per heavy atom. The predicted octanol–water partition coefficient (Wildman–Crippen LogP) is 2.39. The number of rotatable bonds is 3. The van der Waals surface area contributed by atoms with E-state index in [0.717, 1.165) is 42.7 Å².